The molecule has 0 spiro atoms. The first-order valence-electron chi connectivity index (χ1n) is 8.21. The van der Waals surface area contributed by atoms with Gasteiger partial charge in [0.15, 0.2) is 6.61 Å². The van der Waals surface area contributed by atoms with Gasteiger partial charge >= 0.3 is 0 Å². The summed E-state index contributed by atoms with van der Waals surface area (Å²) in [6.45, 7) is -0.167. The second-order valence-corrected chi connectivity index (χ2v) is 7.42. The standard InChI is InChI=1S/C19H20Cl2N2O3S/c1-27-10-9-17(19(25)22-13-7-8-15(20)16(21)11-13)23-18(24)12-26-14-5-3-2-4-6-14/h2-8,11,17H,9-10,12H2,1H3,(H,22,25)(H,23,24). The molecular weight excluding hydrogens is 407 g/mol. The lowest BCUT2D eigenvalue weighted by molar-refractivity contribution is -0.127. The number of para-hydroxylation sites is 1. The summed E-state index contributed by atoms with van der Waals surface area (Å²) < 4.78 is 5.42. The molecule has 2 amide bonds. The summed E-state index contributed by atoms with van der Waals surface area (Å²) in [6, 6.07) is 13.1. The summed E-state index contributed by atoms with van der Waals surface area (Å²) in [5.74, 6) is 0.623. The topological polar surface area (TPSA) is 67.4 Å². The predicted molar refractivity (Wildman–Crippen MR) is 112 cm³/mol. The van der Waals surface area contributed by atoms with Crippen LogP contribution in [0.15, 0.2) is 48.5 Å². The first-order valence-corrected chi connectivity index (χ1v) is 10.4. The van der Waals surface area contributed by atoms with Crippen molar-refractivity contribution >= 4 is 52.5 Å². The molecule has 0 aliphatic rings. The number of halogens is 2. The average molecular weight is 427 g/mol. The number of rotatable bonds is 9. The van der Waals surface area contributed by atoms with Crippen molar-refractivity contribution in [2.75, 3.05) is 23.9 Å². The molecule has 1 unspecified atom stereocenters. The van der Waals surface area contributed by atoms with Crippen molar-refractivity contribution in [3.05, 3.63) is 58.6 Å². The van der Waals surface area contributed by atoms with E-state index in [1.807, 2.05) is 24.5 Å². The van der Waals surface area contributed by atoms with E-state index < -0.39 is 6.04 Å². The molecule has 0 saturated heterocycles. The molecule has 0 aliphatic carbocycles. The minimum Gasteiger partial charge on any atom is -0.484 e. The Morgan fingerprint density at radius 1 is 1.11 bits per heavy atom. The van der Waals surface area contributed by atoms with Crippen LogP contribution in [0.4, 0.5) is 5.69 Å². The number of carbonyl (C=O) groups excluding carboxylic acids is 2. The van der Waals surface area contributed by atoms with Gasteiger partial charge in [0, 0.05) is 5.69 Å². The maximum Gasteiger partial charge on any atom is 0.258 e. The van der Waals surface area contributed by atoms with Crippen LogP contribution in [0.3, 0.4) is 0 Å². The van der Waals surface area contributed by atoms with Gasteiger partial charge in [-0.05, 0) is 48.8 Å². The molecular formula is C19H20Cl2N2O3S. The minimum absolute atomic E-state index is 0.167. The van der Waals surface area contributed by atoms with Crippen molar-refractivity contribution in [1.82, 2.24) is 5.32 Å². The fraction of sp³-hybridized carbons (Fsp3) is 0.263. The highest BCUT2D eigenvalue weighted by Gasteiger charge is 2.21. The molecule has 0 radical (unpaired) electrons. The first kappa shape index (κ1) is 21.4. The smallest absolute Gasteiger partial charge is 0.258 e. The summed E-state index contributed by atoms with van der Waals surface area (Å²) >= 11 is 13.4. The normalized spacial score (nSPS) is 11.5. The Labute approximate surface area is 172 Å². The molecule has 0 fully saturated rings. The molecule has 0 heterocycles. The van der Waals surface area contributed by atoms with Crippen molar-refractivity contribution in [3.63, 3.8) is 0 Å². The molecule has 5 nitrogen and oxygen atoms in total. The molecule has 2 aromatic carbocycles. The van der Waals surface area contributed by atoms with Crippen LogP contribution in [0.5, 0.6) is 5.75 Å². The maximum absolute atomic E-state index is 12.6. The van der Waals surface area contributed by atoms with Crippen LogP contribution in [0.2, 0.25) is 10.0 Å². The zero-order chi connectivity index (χ0) is 19.6. The highest BCUT2D eigenvalue weighted by molar-refractivity contribution is 7.98. The zero-order valence-corrected chi connectivity index (χ0v) is 17.0. The van der Waals surface area contributed by atoms with Crippen molar-refractivity contribution in [2.45, 2.75) is 12.5 Å². The number of nitrogens with one attached hydrogen (secondary N) is 2. The molecule has 2 aromatic rings. The highest BCUT2D eigenvalue weighted by atomic mass is 35.5. The number of anilines is 1. The molecule has 0 aliphatic heterocycles. The van der Waals surface area contributed by atoms with E-state index in [9.17, 15) is 9.59 Å². The fourth-order valence-electron chi connectivity index (χ4n) is 2.21. The lowest BCUT2D eigenvalue weighted by Crippen LogP contribution is -2.45. The molecule has 2 N–H and O–H groups in total. The van der Waals surface area contributed by atoms with Gasteiger partial charge in [-0.15, -0.1) is 0 Å². The van der Waals surface area contributed by atoms with Crippen LogP contribution in [-0.2, 0) is 9.59 Å². The van der Waals surface area contributed by atoms with E-state index in [-0.39, 0.29) is 18.4 Å². The van der Waals surface area contributed by atoms with Crippen molar-refractivity contribution in [1.29, 1.82) is 0 Å². The molecule has 8 heteroatoms. The number of amides is 2. The third kappa shape index (κ3) is 7.33. The van der Waals surface area contributed by atoms with E-state index in [1.165, 1.54) is 0 Å². The molecule has 144 valence electrons. The third-order valence-electron chi connectivity index (χ3n) is 3.56. The Morgan fingerprint density at radius 2 is 1.85 bits per heavy atom. The average Bonchev–Trinajstić information content (AvgIpc) is 2.67. The molecule has 27 heavy (non-hydrogen) atoms. The molecule has 1 atom stereocenters. The Balaban J connectivity index is 1.94. The highest BCUT2D eigenvalue weighted by Crippen LogP contribution is 2.25. The molecule has 0 saturated carbocycles. The zero-order valence-electron chi connectivity index (χ0n) is 14.7. The van der Waals surface area contributed by atoms with Gasteiger partial charge in [-0.25, -0.2) is 0 Å². The molecule has 2 rings (SSSR count). The number of hydrogen-bond acceptors (Lipinski definition) is 4. The lowest BCUT2D eigenvalue weighted by Gasteiger charge is -2.18. The number of hydrogen-bond donors (Lipinski definition) is 2. The van der Waals surface area contributed by atoms with Crippen LogP contribution < -0.4 is 15.4 Å². The Bertz CT molecular complexity index is 775. The second kappa shape index (κ2) is 11.1. The third-order valence-corrected chi connectivity index (χ3v) is 4.95. The Hall–Kier alpha value is -1.89. The SMILES string of the molecule is CSCCC(NC(=O)COc1ccccc1)C(=O)Nc1ccc(Cl)c(Cl)c1. The molecule has 0 aromatic heterocycles. The van der Waals surface area contributed by atoms with E-state index in [0.717, 1.165) is 5.75 Å². The Morgan fingerprint density at radius 3 is 2.52 bits per heavy atom. The van der Waals surface area contributed by atoms with Gasteiger partial charge in [-0.2, -0.15) is 11.8 Å². The van der Waals surface area contributed by atoms with Gasteiger partial charge in [-0.3, -0.25) is 9.59 Å². The number of ether oxygens (including phenoxy) is 1. The largest absolute Gasteiger partial charge is 0.484 e. The van der Waals surface area contributed by atoms with Crippen LogP contribution in [0, 0.1) is 0 Å². The number of benzene rings is 2. The van der Waals surface area contributed by atoms with Gasteiger partial charge in [0.25, 0.3) is 5.91 Å². The van der Waals surface area contributed by atoms with Crippen LogP contribution in [0.1, 0.15) is 6.42 Å². The summed E-state index contributed by atoms with van der Waals surface area (Å²) in [5, 5.41) is 6.22. The van der Waals surface area contributed by atoms with E-state index in [2.05, 4.69) is 10.6 Å². The second-order valence-electron chi connectivity index (χ2n) is 5.62. The van der Waals surface area contributed by atoms with Gasteiger partial charge in [-0.1, -0.05) is 41.4 Å². The number of carbonyl (C=O) groups is 2. The van der Waals surface area contributed by atoms with Crippen molar-refractivity contribution in [3.8, 4) is 5.75 Å². The van der Waals surface area contributed by atoms with Gasteiger partial charge in [0.05, 0.1) is 10.0 Å². The maximum atomic E-state index is 12.6. The van der Waals surface area contributed by atoms with Crippen molar-refractivity contribution in [2.24, 2.45) is 0 Å². The monoisotopic (exact) mass is 426 g/mol. The van der Waals surface area contributed by atoms with E-state index in [4.69, 9.17) is 27.9 Å². The number of thioether (sulfide) groups is 1. The first-order chi connectivity index (χ1) is 13.0. The van der Waals surface area contributed by atoms with E-state index in [0.29, 0.717) is 27.9 Å². The van der Waals surface area contributed by atoms with Crippen LogP contribution in [-0.4, -0.2) is 36.5 Å². The van der Waals surface area contributed by atoms with E-state index in [1.54, 1.807) is 42.1 Å². The van der Waals surface area contributed by atoms with Crippen molar-refractivity contribution < 1.29 is 14.3 Å². The quantitative estimate of drug-likeness (QED) is 0.628. The van der Waals surface area contributed by atoms with Gasteiger partial charge in [0.1, 0.15) is 11.8 Å². The predicted octanol–water partition coefficient (Wildman–Crippen LogP) is 4.25. The molecule has 0 bridgehead atoms. The lowest BCUT2D eigenvalue weighted by atomic mass is 10.2. The fourth-order valence-corrected chi connectivity index (χ4v) is 2.98. The van der Waals surface area contributed by atoms with Gasteiger partial charge in [0.2, 0.25) is 5.91 Å². The van der Waals surface area contributed by atoms with Gasteiger partial charge < -0.3 is 15.4 Å². The van der Waals surface area contributed by atoms with E-state index >= 15 is 0 Å². The summed E-state index contributed by atoms with van der Waals surface area (Å²) in [6.07, 6.45) is 2.43. The summed E-state index contributed by atoms with van der Waals surface area (Å²) in [5.41, 5.74) is 0.512. The van der Waals surface area contributed by atoms with Crippen LogP contribution in [0.25, 0.3) is 0 Å². The minimum atomic E-state index is -0.682. The Kier molecular flexibility index (Phi) is 8.78. The summed E-state index contributed by atoms with van der Waals surface area (Å²) in [7, 11) is 0. The van der Waals surface area contributed by atoms with Crippen LogP contribution >= 0.6 is 35.0 Å². The summed E-state index contributed by atoms with van der Waals surface area (Å²) in [4.78, 5) is 24.8.